The number of hydrogen-bond donors (Lipinski definition) is 2. The molecule has 3 nitrogen and oxygen atoms in total. The second kappa shape index (κ2) is 5.82. The van der Waals surface area contributed by atoms with Crippen molar-refractivity contribution in [2.75, 3.05) is 0 Å². The van der Waals surface area contributed by atoms with Gasteiger partial charge in [-0.3, -0.25) is 5.43 Å². The zero-order chi connectivity index (χ0) is 11.3. The Kier molecular flexibility index (Phi) is 4.71. The fourth-order valence-corrected chi connectivity index (χ4v) is 1.93. The van der Waals surface area contributed by atoms with E-state index in [-0.39, 0.29) is 0 Å². The molecule has 2 N–H and O–H groups in total. The van der Waals surface area contributed by atoms with Crippen LogP contribution in [0.1, 0.15) is 25.6 Å². The molecule has 1 aromatic rings. The lowest BCUT2D eigenvalue weighted by Gasteiger charge is -2.10. The summed E-state index contributed by atoms with van der Waals surface area (Å²) in [7, 11) is 0. The Morgan fingerprint density at radius 2 is 2.27 bits per heavy atom. The molecule has 0 aliphatic rings. The maximum absolute atomic E-state index is 5.05. The molecule has 0 atom stereocenters. The van der Waals surface area contributed by atoms with Gasteiger partial charge in [0.05, 0.1) is 5.71 Å². The van der Waals surface area contributed by atoms with Crippen molar-refractivity contribution in [1.29, 1.82) is 0 Å². The molecule has 5 heteroatoms. The molecule has 0 bridgehead atoms. The van der Waals surface area contributed by atoms with Crippen LogP contribution in [0.2, 0.25) is 0 Å². The van der Waals surface area contributed by atoms with E-state index in [2.05, 4.69) is 15.8 Å². The van der Waals surface area contributed by atoms with E-state index >= 15 is 0 Å². The molecule has 1 rings (SSSR count). The molecule has 0 fully saturated rings. The van der Waals surface area contributed by atoms with Gasteiger partial charge >= 0.3 is 0 Å². The van der Waals surface area contributed by atoms with Crippen LogP contribution in [-0.2, 0) is 0 Å². The molecular weight excluding hydrogens is 226 g/mol. The van der Waals surface area contributed by atoms with Gasteiger partial charge in [0.1, 0.15) is 0 Å². The average molecular weight is 241 g/mol. The topological polar surface area (TPSA) is 36.4 Å². The van der Waals surface area contributed by atoms with Gasteiger partial charge in [-0.15, -0.1) is 11.3 Å². The Labute approximate surface area is 99.6 Å². The quantitative estimate of drug-likeness (QED) is 0.484. The molecule has 0 spiro atoms. The zero-order valence-electron chi connectivity index (χ0n) is 9.07. The predicted octanol–water partition coefficient (Wildman–Crippen LogP) is 2.34. The van der Waals surface area contributed by atoms with Crippen LogP contribution in [0.15, 0.2) is 22.6 Å². The number of hydrogen-bond acceptors (Lipinski definition) is 3. The SMILES string of the molecule is C/C(=N/NC(=S)NC(C)C)c1cccs1. The van der Waals surface area contributed by atoms with Crippen LogP contribution in [0, 0.1) is 0 Å². The van der Waals surface area contributed by atoms with Crippen LogP contribution in [0.4, 0.5) is 0 Å². The summed E-state index contributed by atoms with van der Waals surface area (Å²) in [6.45, 7) is 6.02. The molecule has 0 aliphatic carbocycles. The van der Waals surface area contributed by atoms with Crippen molar-refractivity contribution in [2.24, 2.45) is 5.10 Å². The fourth-order valence-electron chi connectivity index (χ4n) is 0.969. The summed E-state index contributed by atoms with van der Waals surface area (Å²) in [5, 5.41) is 9.84. The number of thiophene rings is 1. The van der Waals surface area contributed by atoms with Crippen LogP contribution in [0.3, 0.4) is 0 Å². The van der Waals surface area contributed by atoms with Crippen molar-refractivity contribution >= 4 is 34.4 Å². The number of rotatable bonds is 3. The average Bonchev–Trinajstić information content (AvgIpc) is 2.65. The van der Waals surface area contributed by atoms with Gasteiger partial charge in [-0.05, 0) is 44.4 Å². The van der Waals surface area contributed by atoms with E-state index in [1.807, 2.05) is 38.3 Å². The lowest BCUT2D eigenvalue weighted by atomic mass is 10.3. The first-order valence-corrected chi connectivity index (χ1v) is 6.03. The van der Waals surface area contributed by atoms with Crippen LogP contribution >= 0.6 is 23.6 Å². The van der Waals surface area contributed by atoms with Gasteiger partial charge in [0.2, 0.25) is 0 Å². The molecule has 0 aromatic carbocycles. The fraction of sp³-hybridized carbons (Fsp3) is 0.400. The highest BCUT2D eigenvalue weighted by atomic mass is 32.1. The molecule has 0 saturated carbocycles. The van der Waals surface area contributed by atoms with E-state index in [0.29, 0.717) is 11.2 Å². The smallest absolute Gasteiger partial charge is 0.187 e. The van der Waals surface area contributed by atoms with E-state index in [1.165, 1.54) is 0 Å². The summed E-state index contributed by atoms with van der Waals surface area (Å²) >= 11 is 6.71. The summed E-state index contributed by atoms with van der Waals surface area (Å²) in [6.07, 6.45) is 0. The lowest BCUT2D eigenvalue weighted by molar-refractivity contribution is 0.719. The maximum Gasteiger partial charge on any atom is 0.187 e. The third-order valence-electron chi connectivity index (χ3n) is 1.62. The standard InChI is InChI=1S/C10H15N3S2/c1-7(2)11-10(14)13-12-8(3)9-5-4-6-15-9/h4-7H,1-3H3,(H2,11,13,14)/b12-8-. The van der Waals surface area contributed by atoms with Crippen molar-refractivity contribution < 1.29 is 0 Å². The van der Waals surface area contributed by atoms with Gasteiger partial charge in [0.15, 0.2) is 5.11 Å². The minimum atomic E-state index is 0.322. The Morgan fingerprint density at radius 3 is 2.80 bits per heavy atom. The number of nitrogens with one attached hydrogen (secondary N) is 2. The monoisotopic (exact) mass is 241 g/mol. The third-order valence-corrected chi connectivity index (χ3v) is 2.81. The Hall–Kier alpha value is -0.940. The first kappa shape index (κ1) is 12.1. The minimum absolute atomic E-state index is 0.322. The molecule has 15 heavy (non-hydrogen) atoms. The predicted molar refractivity (Wildman–Crippen MR) is 70.5 cm³/mol. The lowest BCUT2D eigenvalue weighted by Crippen LogP contribution is -2.37. The first-order chi connectivity index (χ1) is 7.09. The Bertz CT molecular complexity index is 342. The molecule has 1 heterocycles. The summed E-state index contributed by atoms with van der Waals surface area (Å²) in [5.74, 6) is 0. The van der Waals surface area contributed by atoms with Crippen LogP contribution in [-0.4, -0.2) is 16.9 Å². The zero-order valence-corrected chi connectivity index (χ0v) is 10.7. The van der Waals surface area contributed by atoms with Crippen molar-refractivity contribution in [3.05, 3.63) is 22.4 Å². The second-order valence-electron chi connectivity index (χ2n) is 3.41. The van der Waals surface area contributed by atoms with Crippen molar-refractivity contribution in [3.63, 3.8) is 0 Å². The number of nitrogens with zero attached hydrogens (tertiary/aromatic N) is 1. The van der Waals surface area contributed by atoms with Gasteiger partial charge in [-0.25, -0.2) is 0 Å². The third kappa shape index (κ3) is 4.40. The molecule has 82 valence electrons. The van der Waals surface area contributed by atoms with Gasteiger partial charge in [0, 0.05) is 10.9 Å². The second-order valence-corrected chi connectivity index (χ2v) is 4.77. The normalized spacial score (nSPS) is 11.6. The molecule has 0 amide bonds. The first-order valence-electron chi connectivity index (χ1n) is 4.74. The van der Waals surface area contributed by atoms with Crippen molar-refractivity contribution in [3.8, 4) is 0 Å². The largest absolute Gasteiger partial charge is 0.359 e. The van der Waals surface area contributed by atoms with Gasteiger partial charge in [-0.2, -0.15) is 5.10 Å². The van der Waals surface area contributed by atoms with Gasteiger partial charge < -0.3 is 5.32 Å². The molecule has 0 saturated heterocycles. The van der Waals surface area contributed by atoms with Crippen LogP contribution < -0.4 is 10.7 Å². The Balaban J connectivity index is 2.48. The highest BCUT2D eigenvalue weighted by Gasteiger charge is 1.99. The van der Waals surface area contributed by atoms with E-state index in [4.69, 9.17) is 12.2 Å². The summed E-state index contributed by atoms with van der Waals surface area (Å²) < 4.78 is 0. The van der Waals surface area contributed by atoms with Gasteiger partial charge in [0.25, 0.3) is 0 Å². The van der Waals surface area contributed by atoms with Gasteiger partial charge in [-0.1, -0.05) is 6.07 Å². The van der Waals surface area contributed by atoms with E-state index < -0.39 is 0 Å². The molecule has 1 aromatic heterocycles. The van der Waals surface area contributed by atoms with Crippen molar-refractivity contribution in [2.45, 2.75) is 26.8 Å². The molecule has 0 aliphatic heterocycles. The number of hydrazone groups is 1. The van der Waals surface area contributed by atoms with E-state index in [1.54, 1.807) is 11.3 Å². The summed E-state index contributed by atoms with van der Waals surface area (Å²) in [4.78, 5) is 1.15. The number of thiocarbonyl (C=S) groups is 1. The van der Waals surface area contributed by atoms with Crippen LogP contribution in [0.25, 0.3) is 0 Å². The van der Waals surface area contributed by atoms with E-state index in [9.17, 15) is 0 Å². The maximum atomic E-state index is 5.05. The highest BCUT2D eigenvalue weighted by molar-refractivity contribution is 7.80. The minimum Gasteiger partial charge on any atom is -0.359 e. The Morgan fingerprint density at radius 1 is 1.53 bits per heavy atom. The van der Waals surface area contributed by atoms with E-state index in [0.717, 1.165) is 10.6 Å². The molecule has 0 radical (unpaired) electrons. The molecular formula is C10H15N3S2. The van der Waals surface area contributed by atoms with Crippen LogP contribution in [0.5, 0.6) is 0 Å². The summed E-state index contributed by atoms with van der Waals surface area (Å²) in [6, 6.07) is 4.36. The van der Waals surface area contributed by atoms with Crippen molar-refractivity contribution in [1.82, 2.24) is 10.7 Å². The molecule has 0 unspecified atom stereocenters. The highest BCUT2D eigenvalue weighted by Crippen LogP contribution is 2.08. The summed E-state index contributed by atoms with van der Waals surface area (Å²) in [5.41, 5.74) is 3.76.